The monoisotopic (exact) mass is 355 g/mol. The summed E-state index contributed by atoms with van der Waals surface area (Å²) < 4.78 is 10.5. The molecule has 0 saturated carbocycles. The van der Waals surface area contributed by atoms with Gasteiger partial charge in [-0.15, -0.1) is 0 Å². The number of benzene rings is 1. The summed E-state index contributed by atoms with van der Waals surface area (Å²) in [5.41, 5.74) is 1.40. The van der Waals surface area contributed by atoms with Crippen molar-refractivity contribution in [1.82, 2.24) is 4.98 Å². The number of ether oxygens (including phenoxy) is 1. The normalized spacial score (nSPS) is 12.0. The van der Waals surface area contributed by atoms with Crippen LogP contribution in [0, 0.1) is 17.0 Å². The fraction of sp³-hybridized carbons (Fsp3) is 0.222. The van der Waals surface area contributed by atoms with E-state index in [0.717, 1.165) is 22.6 Å². The second-order valence-corrected chi connectivity index (χ2v) is 5.79. The third-order valence-electron chi connectivity index (χ3n) is 4.11. The Morgan fingerprint density at radius 3 is 2.77 bits per heavy atom. The van der Waals surface area contributed by atoms with E-state index in [1.807, 2.05) is 38.1 Å². The highest BCUT2D eigenvalue weighted by Crippen LogP contribution is 2.32. The Labute approximate surface area is 148 Å². The summed E-state index contributed by atoms with van der Waals surface area (Å²) in [6, 6.07) is 8.40. The van der Waals surface area contributed by atoms with Crippen molar-refractivity contribution < 1.29 is 18.9 Å². The lowest BCUT2D eigenvalue weighted by Gasteiger charge is -2.13. The van der Waals surface area contributed by atoms with Crippen molar-refractivity contribution in [2.45, 2.75) is 19.9 Å². The number of furan rings is 1. The first-order valence-electron chi connectivity index (χ1n) is 7.89. The van der Waals surface area contributed by atoms with Gasteiger partial charge in [0.1, 0.15) is 11.3 Å². The zero-order valence-corrected chi connectivity index (χ0v) is 14.5. The molecule has 1 atom stereocenters. The number of aryl methyl sites for hydroxylation is 1. The Kier molecular flexibility index (Phi) is 4.57. The van der Waals surface area contributed by atoms with E-state index in [0.29, 0.717) is 5.76 Å². The zero-order valence-electron chi connectivity index (χ0n) is 14.5. The molecule has 3 aromatic rings. The molecule has 0 bridgehead atoms. The molecule has 0 saturated heterocycles. The summed E-state index contributed by atoms with van der Waals surface area (Å²) in [6.07, 6.45) is 1.24. The van der Waals surface area contributed by atoms with E-state index < -0.39 is 10.9 Å². The zero-order chi connectivity index (χ0) is 18.8. The lowest BCUT2D eigenvalue weighted by atomic mass is 10.1. The van der Waals surface area contributed by atoms with Crippen molar-refractivity contribution in [2.75, 3.05) is 12.4 Å². The summed E-state index contributed by atoms with van der Waals surface area (Å²) in [7, 11) is 1.20. The molecule has 2 heterocycles. The van der Waals surface area contributed by atoms with Crippen molar-refractivity contribution in [3.63, 3.8) is 0 Å². The number of pyridine rings is 1. The number of carbonyl (C=O) groups is 1. The number of hydrogen-bond donors (Lipinski definition) is 1. The number of carbonyl (C=O) groups excluding carboxylic acids is 1. The predicted molar refractivity (Wildman–Crippen MR) is 95.2 cm³/mol. The van der Waals surface area contributed by atoms with Crippen LogP contribution in [0.15, 0.2) is 40.9 Å². The smallest absolute Gasteiger partial charge is 0.339 e. The van der Waals surface area contributed by atoms with Gasteiger partial charge in [-0.1, -0.05) is 18.2 Å². The third-order valence-corrected chi connectivity index (χ3v) is 4.11. The molecule has 1 N–H and O–H groups in total. The topological polar surface area (TPSA) is 108 Å². The maximum Gasteiger partial charge on any atom is 0.339 e. The van der Waals surface area contributed by atoms with Crippen molar-refractivity contribution in [3.8, 4) is 0 Å². The van der Waals surface area contributed by atoms with Gasteiger partial charge < -0.3 is 14.5 Å². The fourth-order valence-corrected chi connectivity index (χ4v) is 2.81. The highest BCUT2D eigenvalue weighted by Gasteiger charge is 2.23. The second kappa shape index (κ2) is 6.83. The standard InChI is InChI=1S/C18H17N3O5/c1-10-13-6-4-5-7-15(13)26-16(10)11(2)20-17-14(21(23)24)8-12(9-19-17)18(22)25-3/h4-9,11H,1-3H3,(H,19,20). The van der Waals surface area contributed by atoms with Gasteiger partial charge >= 0.3 is 11.7 Å². The minimum atomic E-state index is -0.687. The number of fused-ring (bicyclic) bond motifs is 1. The van der Waals surface area contributed by atoms with E-state index >= 15 is 0 Å². The summed E-state index contributed by atoms with van der Waals surface area (Å²) in [6.45, 7) is 3.76. The van der Waals surface area contributed by atoms with Crippen LogP contribution in [0.2, 0.25) is 0 Å². The molecule has 0 aliphatic carbocycles. The van der Waals surface area contributed by atoms with Crippen LogP contribution >= 0.6 is 0 Å². The van der Waals surface area contributed by atoms with Crippen LogP contribution in [-0.4, -0.2) is 23.0 Å². The van der Waals surface area contributed by atoms with Gasteiger partial charge in [-0.2, -0.15) is 0 Å². The lowest BCUT2D eigenvalue weighted by molar-refractivity contribution is -0.384. The van der Waals surface area contributed by atoms with Crippen LogP contribution in [0.1, 0.15) is 34.6 Å². The fourth-order valence-electron chi connectivity index (χ4n) is 2.81. The van der Waals surface area contributed by atoms with Crippen LogP contribution in [-0.2, 0) is 4.74 Å². The number of rotatable bonds is 5. The number of nitrogens with one attached hydrogen (secondary N) is 1. The first-order chi connectivity index (χ1) is 12.4. The van der Waals surface area contributed by atoms with Gasteiger partial charge in [0.15, 0.2) is 0 Å². The molecular weight excluding hydrogens is 338 g/mol. The summed E-state index contributed by atoms with van der Waals surface area (Å²) in [5.74, 6) is 0.0303. The van der Waals surface area contributed by atoms with Gasteiger partial charge in [-0.3, -0.25) is 10.1 Å². The third kappa shape index (κ3) is 3.08. The van der Waals surface area contributed by atoms with E-state index in [9.17, 15) is 14.9 Å². The van der Waals surface area contributed by atoms with Crippen molar-refractivity contribution >= 4 is 28.4 Å². The summed E-state index contributed by atoms with van der Waals surface area (Å²) in [4.78, 5) is 26.4. The SMILES string of the molecule is COC(=O)c1cnc(NC(C)c2oc3ccccc3c2C)c([N+](=O)[O-])c1. The van der Waals surface area contributed by atoms with E-state index in [4.69, 9.17) is 4.42 Å². The number of esters is 1. The van der Waals surface area contributed by atoms with Crippen LogP contribution in [0.4, 0.5) is 11.5 Å². The largest absolute Gasteiger partial charge is 0.465 e. The summed E-state index contributed by atoms with van der Waals surface area (Å²) in [5, 5.41) is 15.3. The van der Waals surface area contributed by atoms with Crippen molar-refractivity contribution in [3.05, 3.63) is 63.5 Å². The molecular formula is C18H17N3O5. The average molecular weight is 355 g/mol. The minimum absolute atomic E-state index is 0.0114. The van der Waals surface area contributed by atoms with Gasteiger partial charge in [-0.25, -0.2) is 9.78 Å². The molecule has 26 heavy (non-hydrogen) atoms. The van der Waals surface area contributed by atoms with Crippen LogP contribution in [0.5, 0.6) is 0 Å². The Hall–Kier alpha value is -3.42. The number of aromatic nitrogens is 1. The molecule has 134 valence electrons. The van der Waals surface area contributed by atoms with Crippen LogP contribution in [0.25, 0.3) is 11.0 Å². The molecule has 0 radical (unpaired) electrons. The first kappa shape index (κ1) is 17.4. The first-order valence-corrected chi connectivity index (χ1v) is 7.89. The molecule has 0 amide bonds. The highest BCUT2D eigenvalue weighted by atomic mass is 16.6. The number of nitro groups is 1. The maximum atomic E-state index is 11.6. The quantitative estimate of drug-likeness (QED) is 0.418. The molecule has 0 aliphatic rings. The Balaban J connectivity index is 1.95. The van der Waals surface area contributed by atoms with E-state index in [1.165, 1.54) is 13.3 Å². The van der Waals surface area contributed by atoms with Gasteiger partial charge in [0.25, 0.3) is 0 Å². The molecule has 8 heteroatoms. The number of hydrogen-bond acceptors (Lipinski definition) is 7. The number of para-hydroxylation sites is 1. The molecule has 2 aromatic heterocycles. The Morgan fingerprint density at radius 1 is 1.38 bits per heavy atom. The van der Waals surface area contributed by atoms with E-state index in [1.54, 1.807) is 0 Å². The van der Waals surface area contributed by atoms with E-state index in [-0.39, 0.29) is 23.1 Å². The van der Waals surface area contributed by atoms with E-state index in [2.05, 4.69) is 15.0 Å². The van der Waals surface area contributed by atoms with Crippen LogP contribution in [0.3, 0.4) is 0 Å². The van der Waals surface area contributed by atoms with Crippen molar-refractivity contribution in [1.29, 1.82) is 0 Å². The Bertz CT molecular complexity index is 996. The van der Waals surface area contributed by atoms with Gasteiger partial charge in [0.05, 0.1) is 23.6 Å². The number of anilines is 1. The number of methoxy groups -OCH3 is 1. The lowest BCUT2D eigenvalue weighted by Crippen LogP contribution is -2.11. The number of nitrogens with zero attached hydrogens (tertiary/aromatic N) is 2. The molecule has 0 fully saturated rings. The molecule has 3 rings (SSSR count). The highest BCUT2D eigenvalue weighted by molar-refractivity contribution is 5.90. The predicted octanol–water partition coefficient (Wildman–Crippen LogP) is 4.00. The molecule has 1 unspecified atom stereocenters. The summed E-state index contributed by atoms with van der Waals surface area (Å²) >= 11 is 0. The average Bonchev–Trinajstić information content (AvgIpc) is 2.98. The van der Waals surface area contributed by atoms with Crippen molar-refractivity contribution in [2.24, 2.45) is 0 Å². The molecule has 0 aliphatic heterocycles. The molecule has 0 spiro atoms. The minimum Gasteiger partial charge on any atom is -0.465 e. The van der Waals surface area contributed by atoms with Gasteiger partial charge in [0, 0.05) is 23.2 Å². The maximum absolute atomic E-state index is 11.6. The van der Waals surface area contributed by atoms with Gasteiger partial charge in [-0.05, 0) is 19.9 Å². The van der Waals surface area contributed by atoms with Gasteiger partial charge in [0.2, 0.25) is 5.82 Å². The molecule has 8 nitrogen and oxygen atoms in total. The second-order valence-electron chi connectivity index (χ2n) is 5.79. The van der Waals surface area contributed by atoms with Crippen LogP contribution < -0.4 is 5.32 Å². The Morgan fingerprint density at radius 2 is 2.12 bits per heavy atom. The molecule has 1 aromatic carbocycles.